The van der Waals surface area contributed by atoms with Crippen LogP contribution < -0.4 is 22.9 Å². The molecule has 0 aliphatic heterocycles. The minimum absolute atomic E-state index is 0.0559. The van der Waals surface area contributed by atoms with Crippen LogP contribution in [0.15, 0.2) is 59.1 Å². The number of hydrogen-bond acceptors (Lipinski definition) is 8. The molecule has 14 heteroatoms. The molecule has 1 unspecified atom stereocenters. The molecule has 0 aromatic heterocycles. The van der Waals surface area contributed by atoms with E-state index in [1.165, 1.54) is 12.1 Å². The van der Waals surface area contributed by atoms with Gasteiger partial charge in [0.2, 0.25) is 11.8 Å². The quantitative estimate of drug-likeness (QED) is 0.227. The molecular weight excluding hydrogens is 488 g/mol. The Morgan fingerprint density at radius 3 is 2.06 bits per heavy atom. The van der Waals surface area contributed by atoms with Gasteiger partial charge in [-0.05, 0) is 41.5 Å². The predicted octanol–water partition coefficient (Wildman–Crippen LogP) is 0.126. The third-order valence-electron chi connectivity index (χ3n) is 5.37. The first kappa shape index (κ1) is 24.9. The van der Waals surface area contributed by atoms with Crippen LogP contribution in [-0.2, 0) is 25.0 Å². The zero-order valence-electron chi connectivity index (χ0n) is 17.3. The van der Waals surface area contributed by atoms with Crippen molar-refractivity contribution in [2.45, 2.75) is 16.1 Å². The first-order valence-corrected chi connectivity index (χ1v) is 12.2. The number of nitrogens with two attached hydrogens (primary N) is 4. The maximum atomic E-state index is 13.0. The highest BCUT2D eigenvalue weighted by molar-refractivity contribution is 7.87. The van der Waals surface area contributed by atoms with Crippen LogP contribution in [-0.4, -0.2) is 37.8 Å². The van der Waals surface area contributed by atoms with Crippen molar-refractivity contribution in [1.82, 2.24) is 0 Å². The Balaban J connectivity index is 2.53. The van der Waals surface area contributed by atoms with E-state index in [9.17, 15) is 35.5 Å². The molecule has 0 fully saturated rings. The number of allylic oxidation sites excluding steroid dienone is 3. The van der Waals surface area contributed by atoms with Gasteiger partial charge >= 0.3 is 0 Å². The van der Waals surface area contributed by atoms with Crippen LogP contribution in [0.1, 0.15) is 38.3 Å². The highest BCUT2D eigenvalue weighted by Crippen LogP contribution is 2.51. The third kappa shape index (κ3) is 4.14. The van der Waals surface area contributed by atoms with Gasteiger partial charge in [0.25, 0.3) is 20.2 Å². The number of carbonyl (C=O) groups is 2. The Hall–Kier alpha value is -3.72. The Kier molecular flexibility index (Phi) is 6.04. The number of nitrogen functional groups attached to an aromatic ring is 1. The van der Waals surface area contributed by atoms with Gasteiger partial charge in [-0.2, -0.15) is 16.8 Å². The fourth-order valence-electron chi connectivity index (χ4n) is 3.91. The molecule has 2 aromatic carbocycles. The lowest BCUT2D eigenvalue weighted by Gasteiger charge is -2.37. The molecule has 1 aliphatic carbocycles. The molecular formula is C20H20N4O8S2. The molecule has 0 bridgehead atoms. The van der Waals surface area contributed by atoms with E-state index >= 15 is 0 Å². The molecule has 180 valence electrons. The van der Waals surface area contributed by atoms with Crippen molar-refractivity contribution in [1.29, 1.82) is 0 Å². The summed E-state index contributed by atoms with van der Waals surface area (Å²) in [6.07, 6.45) is 1.76. The topological polar surface area (TPSA) is 247 Å². The van der Waals surface area contributed by atoms with Gasteiger partial charge in [0.05, 0.1) is 0 Å². The van der Waals surface area contributed by atoms with E-state index in [0.29, 0.717) is 0 Å². The van der Waals surface area contributed by atoms with Gasteiger partial charge in [0.1, 0.15) is 4.90 Å². The van der Waals surface area contributed by atoms with E-state index in [2.05, 4.69) is 0 Å². The summed E-state index contributed by atoms with van der Waals surface area (Å²) in [6.45, 7) is 0. The summed E-state index contributed by atoms with van der Waals surface area (Å²) in [5.74, 6) is -2.11. The van der Waals surface area contributed by atoms with Crippen LogP contribution in [0, 0.1) is 0 Å². The minimum Gasteiger partial charge on any atom is -0.402 e. The number of carbonyl (C=O) groups excluding carboxylic acids is 2. The molecule has 12 nitrogen and oxygen atoms in total. The standard InChI is InChI=1S/C20H20N4O8S2/c21-11-2-4-13(17(8-11)33(27,28)29)15-6-3-12(22)9-20(15,34(30,31)32)16-5-1-10(18(23)25)7-14(16)19(24)26/h1-8H,9,21-22H2,(H2,23,25)(H2,24,26)(H,27,28,29)(H,30,31,32). The lowest BCUT2D eigenvalue weighted by molar-refractivity contribution is 0.0998. The van der Waals surface area contributed by atoms with Crippen LogP contribution >= 0.6 is 0 Å². The number of rotatable bonds is 6. The Morgan fingerprint density at radius 1 is 0.882 bits per heavy atom. The first-order valence-electron chi connectivity index (χ1n) is 9.35. The number of hydrogen-bond donors (Lipinski definition) is 6. The molecule has 34 heavy (non-hydrogen) atoms. The number of amides is 2. The molecule has 0 saturated carbocycles. The Labute approximate surface area is 194 Å². The summed E-state index contributed by atoms with van der Waals surface area (Å²) >= 11 is 0. The van der Waals surface area contributed by atoms with E-state index in [0.717, 1.165) is 36.4 Å². The predicted molar refractivity (Wildman–Crippen MR) is 122 cm³/mol. The summed E-state index contributed by atoms with van der Waals surface area (Å²) in [5, 5.41) is 0. The smallest absolute Gasteiger partial charge is 0.295 e. The number of primary amides is 2. The summed E-state index contributed by atoms with van der Waals surface area (Å²) < 4.78 is 67.9. The van der Waals surface area contributed by atoms with Crippen LogP contribution in [0.4, 0.5) is 5.69 Å². The fraction of sp³-hybridized carbons (Fsp3) is 0.100. The largest absolute Gasteiger partial charge is 0.402 e. The molecule has 0 heterocycles. The maximum Gasteiger partial charge on any atom is 0.295 e. The van der Waals surface area contributed by atoms with E-state index in [1.807, 2.05) is 0 Å². The Morgan fingerprint density at radius 2 is 1.53 bits per heavy atom. The van der Waals surface area contributed by atoms with E-state index < -0.39 is 59.2 Å². The Bertz CT molecular complexity index is 1510. The third-order valence-corrected chi connectivity index (χ3v) is 7.73. The van der Waals surface area contributed by atoms with Crippen molar-refractivity contribution in [3.05, 3.63) is 76.5 Å². The number of anilines is 1. The molecule has 2 aromatic rings. The van der Waals surface area contributed by atoms with Crippen molar-refractivity contribution in [3.8, 4) is 0 Å². The summed E-state index contributed by atoms with van der Waals surface area (Å²) in [6, 6.07) is 6.37. The first-order chi connectivity index (χ1) is 15.6. The fourth-order valence-corrected chi connectivity index (χ4v) is 5.91. The molecule has 2 amide bonds. The normalized spacial score (nSPS) is 18.6. The monoisotopic (exact) mass is 508 g/mol. The second kappa shape index (κ2) is 8.25. The van der Waals surface area contributed by atoms with Gasteiger partial charge in [-0.3, -0.25) is 18.7 Å². The zero-order chi connectivity index (χ0) is 25.6. The molecule has 0 radical (unpaired) electrons. The maximum absolute atomic E-state index is 13.0. The SMILES string of the molecule is NC(=O)c1ccc(C2(S(=O)(=O)O)CC(N)=CC=C2c2ccc(N)cc2S(=O)(=O)O)c(C(N)=O)c1. The van der Waals surface area contributed by atoms with Gasteiger partial charge in [-0.25, -0.2) is 0 Å². The van der Waals surface area contributed by atoms with Gasteiger partial charge in [-0.1, -0.05) is 18.2 Å². The van der Waals surface area contributed by atoms with Crippen molar-refractivity contribution in [2.24, 2.45) is 17.2 Å². The lowest BCUT2D eigenvalue weighted by Crippen LogP contribution is -2.41. The van der Waals surface area contributed by atoms with Crippen LogP contribution in [0.2, 0.25) is 0 Å². The molecule has 0 spiro atoms. The number of benzene rings is 2. The van der Waals surface area contributed by atoms with E-state index in [1.54, 1.807) is 0 Å². The van der Waals surface area contributed by atoms with Crippen molar-refractivity contribution in [2.75, 3.05) is 5.73 Å². The summed E-state index contributed by atoms with van der Waals surface area (Å²) in [7, 11) is -10.2. The molecule has 0 saturated heterocycles. The summed E-state index contributed by atoms with van der Waals surface area (Å²) in [5.41, 5.74) is 20.4. The van der Waals surface area contributed by atoms with Gasteiger partial charge in [0, 0.05) is 34.5 Å². The van der Waals surface area contributed by atoms with E-state index in [4.69, 9.17) is 22.9 Å². The molecule has 1 aliphatic rings. The van der Waals surface area contributed by atoms with Gasteiger partial charge < -0.3 is 22.9 Å². The van der Waals surface area contributed by atoms with Crippen molar-refractivity contribution < 1.29 is 35.5 Å². The second-order valence-corrected chi connectivity index (χ2v) is 10.6. The average Bonchev–Trinajstić information content (AvgIpc) is 2.71. The van der Waals surface area contributed by atoms with Gasteiger partial charge in [0.15, 0.2) is 4.75 Å². The van der Waals surface area contributed by atoms with Crippen LogP contribution in [0.5, 0.6) is 0 Å². The highest BCUT2D eigenvalue weighted by Gasteiger charge is 2.52. The van der Waals surface area contributed by atoms with E-state index in [-0.39, 0.29) is 28.1 Å². The van der Waals surface area contributed by atoms with Crippen LogP contribution in [0.25, 0.3) is 5.57 Å². The highest BCUT2D eigenvalue weighted by atomic mass is 32.2. The second-order valence-electron chi connectivity index (χ2n) is 7.52. The molecule has 1 atom stereocenters. The molecule has 3 rings (SSSR count). The van der Waals surface area contributed by atoms with Gasteiger partial charge in [-0.15, -0.1) is 0 Å². The summed E-state index contributed by atoms with van der Waals surface area (Å²) in [4.78, 5) is 23.1. The lowest BCUT2D eigenvalue weighted by atomic mass is 9.77. The average molecular weight is 509 g/mol. The van der Waals surface area contributed by atoms with Crippen molar-refractivity contribution >= 4 is 43.3 Å². The molecule has 10 N–H and O–H groups in total. The minimum atomic E-state index is -5.25. The van der Waals surface area contributed by atoms with Crippen LogP contribution in [0.3, 0.4) is 0 Å². The zero-order valence-corrected chi connectivity index (χ0v) is 18.9. The van der Waals surface area contributed by atoms with Crippen molar-refractivity contribution in [3.63, 3.8) is 0 Å².